The third kappa shape index (κ3) is 7.94. The first-order chi connectivity index (χ1) is 11.5. The van der Waals surface area contributed by atoms with Gasteiger partial charge in [-0.1, -0.05) is 20.3 Å². The van der Waals surface area contributed by atoms with Gasteiger partial charge in [0.25, 0.3) is 0 Å². The van der Waals surface area contributed by atoms with E-state index in [1.165, 1.54) is 6.92 Å². The van der Waals surface area contributed by atoms with Gasteiger partial charge in [-0.15, -0.1) is 0 Å². The van der Waals surface area contributed by atoms with Gasteiger partial charge < -0.3 is 32.3 Å². The van der Waals surface area contributed by atoms with Gasteiger partial charge in [0.15, 0.2) is 0 Å². The third-order valence-corrected chi connectivity index (χ3v) is 3.88. The molecule has 0 heterocycles. The first-order valence-corrected chi connectivity index (χ1v) is 8.06. The van der Waals surface area contributed by atoms with Crippen LogP contribution in [0.15, 0.2) is 0 Å². The number of nitrogens with two attached hydrogens (primary N) is 2. The Labute approximate surface area is 146 Å². The lowest BCUT2D eigenvalue weighted by molar-refractivity contribution is -0.144. The molecule has 0 aliphatic rings. The summed E-state index contributed by atoms with van der Waals surface area (Å²) >= 11 is 0. The second kappa shape index (κ2) is 10.6. The number of nitrogens with one attached hydrogen (secondary N) is 2. The van der Waals surface area contributed by atoms with Gasteiger partial charge in [0.2, 0.25) is 17.7 Å². The van der Waals surface area contributed by atoms with E-state index in [1.54, 1.807) is 13.8 Å². The minimum absolute atomic E-state index is 0.0140. The summed E-state index contributed by atoms with van der Waals surface area (Å²) in [6.45, 7) is 4.71. The Morgan fingerprint density at radius 2 is 1.56 bits per heavy atom. The highest BCUT2D eigenvalue weighted by Crippen LogP contribution is 2.09. The number of rotatable bonds is 11. The number of amides is 3. The molecule has 25 heavy (non-hydrogen) atoms. The van der Waals surface area contributed by atoms with Gasteiger partial charge in [0.05, 0.1) is 12.1 Å². The van der Waals surface area contributed by atoms with Gasteiger partial charge in [-0.05, 0) is 19.3 Å². The molecule has 0 fully saturated rings. The molecule has 3 amide bonds. The van der Waals surface area contributed by atoms with E-state index in [0.29, 0.717) is 6.42 Å². The minimum Gasteiger partial charge on any atom is -0.480 e. The molecule has 0 aromatic heterocycles. The highest BCUT2D eigenvalue weighted by Gasteiger charge is 2.32. The Morgan fingerprint density at radius 1 is 1.04 bits per heavy atom. The van der Waals surface area contributed by atoms with Gasteiger partial charge in [-0.25, -0.2) is 4.79 Å². The second-order valence-corrected chi connectivity index (χ2v) is 6.05. The number of hydrogen-bond acceptors (Lipinski definition) is 6. The SMILES string of the molecule is CCC(C)C(NC(=O)C(NC(=O)C(N)CCC(N)=O)C(C)O)C(=O)O. The van der Waals surface area contributed by atoms with Crippen LogP contribution in [-0.2, 0) is 19.2 Å². The number of aliphatic hydroxyl groups excluding tert-OH is 1. The van der Waals surface area contributed by atoms with E-state index in [0.717, 1.165) is 0 Å². The van der Waals surface area contributed by atoms with Crippen LogP contribution in [0.5, 0.6) is 0 Å². The molecule has 0 spiro atoms. The van der Waals surface area contributed by atoms with E-state index in [-0.39, 0.29) is 18.8 Å². The van der Waals surface area contributed by atoms with Gasteiger partial charge >= 0.3 is 5.97 Å². The molecule has 10 nitrogen and oxygen atoms in total. The first kappa shape index (κ1) is 22.8. The van der Waals surface area contributed by atoms with Crippen LogP contribution < -0.4 is 22.1 Å². The Bertz CT molecular complexity index is 496. The van der Waals surface area contributed by atoms with Crippen LogP contribution in [0.3, 0.4) is 0 Å². The molecule has 0 aromatic rings. The molecule has 0 saturated heterocycles. The van der Waals surface area contributed by atoms with Crippen LogP contribution in [-0.4, -0.2) is 58.1 Å². The van der Waals surface area contributed by atoms with Crippen molar-refractivity contribution in [3.05, 3.63) is 0 Å². The average Bonchev–Trinajstić information content (AvgIpc) is 2.53. The third-order valence-electron chi connectivity index (χ3n) is 3.88. The summed E-state index contributed by atoms with van der Waals surface area (Å²) in [5, 5.41) is 23.5. The molecule has 144 valence electrons. The lowest BCUT2D eigenvalue weighted by Gasteiger charge is -2.26. The molecule has 10 heteroatoms. The van der Waals surface area contributed by atoms with E-state index in [1.807, 2.05) is 0 Å². The molecule has 0 rings (SSSR count). The lowest BCUT2D eigenvalue weighted by atomic mass is 9.98. The smallest absolute Gasteiger partial charge is 0.326 e. The zero-order valence-electron chi connectivity index (χ0n) is 14.7. The summed E-state index contributed by atoms with van der Waals surface area (Å²) in [7, 11) is 0. The van der Waals surface area contributed by atoms with E-state index < -0.39 is 47.9 Å². The van der Waals surface area contributed by atoms with Gasteiger partial charge in [0, 0.05) is 6.42 Å². The summed E-state index contributed by atoms with van der Waals surface area (Å²) in [5.41, 5.74) is 10.6. The van der Waals surface area contributed by atoms with Crippen LogP contribution in [0.1, 0.15) is 40.0 Å². The lowest BCUT2D eigenvalue weighted by Crippen LogP contribution is -2.59. The fourth-order valence-electron chi connectivity index (χ4n) is 2.02. The molecule has 8 N–H and O–H groups in total. The molecular weight excluding hydrogens is 332 g/mol. The van der Waals surface area contributed by atoms with Crippen molar-refractivity contribution >= 4 is 23.7 Å². The molecule has 5 atom stereocenters. The number of hydrogen-bond donors (Lipinski definition) is 6. The number of carboxylic acids is 1. The maximum absolute atomic E-state index is 12.3. The maximum atomic E-state index is 12.3. The fraction of sp³-hybridized carbons (Fsp3) is 0.733. The predicted octanol–water partition coefficient (Wildman–Crippen LogP) is -1.94. The van der Waals surface area contributed by atoms with E-state index in [2.05, 4.69) is 10.6 Å². The van der Waals surface area contributed by atoms with Crippen LogP contribution >= 0.6 is 0 Å². The Morgan fingerprint density at radius 3 is 1.96 bits per heavy atom. The van der Waals surface area contributed by atoms with Crippen molar-refractivity contribution in [3.8, 4) is 0 Å². The molecular formula is C15H28N4O6. The number of carbonyl (C=O) groups is 4. The normalized spacial score (nSPS) is 16.8. The maximum Gasteiger partial charge on any atom is 0.326 e. The second-order valence-electron chi connectivity index (χ2n) is 6.05. The minimum atomic E-state index is -1.38. The van der Waals surface area contributed by atoms with Crippen molar-refractivity contribution in [3.63, 3.8) is 0 Å². The van der Waals surface area contributed by atoms with E-state index >= 15 is 0 Å². The number of aliphatic carboxylic acids is 1. The van der Waals surface area contributed by atoms with Crippen molar-refractivity contribution in [2.24, 2.45) is 17.4 Å². The Hall–Kier alpha value is -2.20. The van der Waals surface area contributed by atoms with Gasteiger partial charge in [-0.2, -0.15) is 0 Å². The van der Waals surface area contributed by atoms with Crippen LogP contribution in [0.4, 0.5) is 0 Å². The molecule has 5 unspecified atom stereocenters. The average molecular weight is 360 g/mol. The monoisotopic (exact) mass is 360 g/mol. The Kier molecular flexibility index (Phi) is 9.69. The van der Waals surface area contributed by atoms with Crippen LogP contribution in [0.25, 0.3) is 0 Å². The van der Waals surface area contributed by atoms with Crippen LogP contribution in [0, 0.1) is 5.92 Å². The Balaban J connectivity index is 4.97. The number of carbonyl (C=O) groups excluding carboxylic acids is 3. The largest absolute Gasteiger partial charge is 0.480 e. The number of primary amides is 1. The summed E-state index contributed by atoms with van der Waals surface area (Å²) < 4.78 is 0. The van der Waals surface area contributed by atoms with Crippen molar-refractivity contribution in [1.82, 2.24) is 10.6 Å². The predicted molar refractivity (Wildman–Crippen MR) is 89.0 cm³/mol. The van der Waals surface area contributed by atoms with E-state index in [9.17, 15) is 29.4 Å². The number of aliphatic hydroxyl groups is 1. The molecule has 0 radical (unpaired) electrons. The summed E-state index contributed by atoms with van der Waals surface area (Å²) in [6, 6.07) is -3.62. The molecule has 0 aromatic carbocycles. The van der Waals surface area contributed by atoms with Crippen molar-refractivity contribution in [2.45, 2.75) is 64.3 Å². The highest BCUT2D eigenvalue weighted by atomic mass is 16.4. The number of carboxylic acid groups (broad SMARTS) is 1. The zero-order valence-corrected chi connectivity index (χ0v) is 14.7. The quantitative estimate of drug-likeness (QED) is 0.247. The molecule has 0 aliphatic heterocycles. The van der Waals surface area contributed by atoms with Crippen molar-refractivity contribution in [1.29, 1.82) is 0 Å². The van der Waals surface area contributed by atoms with Crippen molar-refractivity contribution < 1.29 is 29.4 Å². The standard InChI is InChI=1S/C15H28N4O6/c1-4-7(2)11(15(24)25)18-14(23)12(8(3)20)19-13(22)9(16)5-6-10(17)21/h7-9,11-12,20H,4-6,16H2,1-3H3,(H2,17,21)(H,18,23)(H,19,22)(H,24,25). The highest BCUT2D eigenvalue weighted by molar-refractivity contribution is 5.92. The summed E-state index contributed by atoms with van der Waals surface area (Å²) in [6.07, 6.45) is -0.880. The topological polar surface area (TPSA) is 185 Å². The summed E-state index contributed by atoms with van der Waals surface area (Å²) in [5.74, 6) is -3.76. The van der Waals surface area contributed by atoms with Gasteiger partial charge in [-0.3, -0.25) is 14.4 Å². The van der Waals surface area contributed by atoms with E-state index in [4.69, 9.17) is 11.5 Å². The molecule has 0 saturated carbocycles. The first-order valence-electron chi connectivity index (χ1n) is 8.06. The molecule has 0 bridgehead atoms. The van der Waals surface area contributed by atoms with Crippen molar-refractivity contribution in [2.75, 3.05) is 0 Å². The zero-order chi connectivity index (χ0) is 19.7. The fourth-order valence-corrected chi connectivity index (χ4v) is 2.02. The molecule has 0 aliphatic carbocycles. The summed E-state index contributed by atoms with van der Waals surface area (Å²) in [4.78, 5) is 46.3. The van der Waals surface area contributed by atoms with Gasteiger partial charge in [0.1, 0.15) is 12.1 Å². The van der Waals surface area contributed by atoms with Crippen LogP contribution in [0.2, 0.25) is 0 Å².